The molecule has 0 spiro atoms. The molecule has 94 valence electrons. The van der Waals surface area contributed by atoms with Crippen molar-refractivity contribution in [2.75, 3.05) is 19.6 Å². The number of nitrogens with zero attached hydrogens (tertiary/aromatic N) is 1. The largest absolute Gasteiger partial charge is 0.323 e. The van der Waals surface area contributed by atoms with E-state index in [-0.39, 0.29) is 6.04 Å². The highest BCUT2D eigenvalue weighted by Crippen LogP contribution is 2.17. The lowest BCUT2D eigenvalue weighted by atomic mass is 10.0. The van der Waals surface area contributed by atoms with Crippen molar-refractivity contribution in [3.05, 3.63) is 35.4 Å². The second-order valence-corrected chi connectivity index (χ2v) is 4.64. The summed E-state index contributed by atoms with van der Waals surface area (Å²) in [6.45, 7) is 2.82. The molecule has 1 aliphatic heterocycles. The van der Waals surface area contributed by atoms with Crippen molar-refractivity contribution in [2.24, 2.45) is 5.73 Å². The molecule has 1 saturated heterocycles. The number of hydrogen-bond donors (Lipinski definition) is 1. The van der Waals surface area contributed by atoms with Crippen LogP contribution < -0.4 is 5.73 Å². The van der Waals surface area contributed by atoms with Crippen LogP contribution in [-0.4, -0.2) is 24.5 Å². The minimum Gasteiger partial charge on any atom is -0.323 e. The zero-order valence-electron chi connectivity index (χ0n) is 9.83. The number of halogens is 2. The summed E-state index contributed by atoms with van der Waals surface area (Å²) in [6, 6.07) is 3.65. The molecule has 2 rings (SSSR count). The number of likely N-dealkylation sites (tertiary alicyclic amines) is 1. The lowest BCUT2D eigenvalue weighted by molar-refractivity contribution is 0.216. The van der Waals surface area contributed by atoms with Crippen molar-refractivity contribution in [3.63, 3.8) is 0 Å². The van der Waals surface area contributed by atoms with Gasteiger partial charge < -0.3 is 10.6 Å². The topological polar surface area (TPSA) is 29.3 Å². The van der Waals surface area contributed by atoms with Gasteiger partial charge in [-0.3, -0.25) is 0 Å². The predicted molar refractivity (Wildman–Crippen MR) is 63.6 cm³/mol. The van der Waals surface area contributed by atoms with Gasteiger partial charge in [-0.15, -0.1) is 0 Å². The highest BCUT2D eigenvalue weighted by molar-refractivity contribution is 5.21. The van der Waals surface area contributed by atoms with E-state index in [1.54, 1.807) is 6.07 Å². The lowest BCUT2D eigenvalue weighted by Gasteiger charge is -2.29. The van der Waals surface area contributed by atoms with Gasteiger partial charge in [-0.05, 0) is 43.6 Å². The summed E-state index contributed by atoms with van der Waals surface area (Å²) in [4.78, 5) is 2.29. The van der Waals surface area contributed by atoms with Crippen LogP contribution in [0, 0.1) is 11.6 Å². The van der Waals surface area contributed by atoms with Crippen LogP contribution in [0.2, 0.25) is 0 Å². The highest BCUT2D eigenvalue weighted by atomic mass is 19.2. The number of piperidine rings is 1. The number of benzene rings is 1. The standard InChI is InChI=1S/C13H18F2N2/c14-11-5-4-10(8-12(11)15)13(16)9-17-6-2-1-3-7-17/h4-5,8,13H,1-3,6-7,9,16H2. The first kappa shape index (κ1) is 12.5. The summed E-state index contributed by atoms with van der Waals surface area (Å²) in [5, 5.41) is 0. The van der Waals surface area contributed by atoms with Gasteiger partial charge in [-0.25, -0.2) is 8.78 Å². The van der Waals surface area contributed by atoms with Gasteiger partial charge in [0.1, 0.15) is 0 Å². The van der Waals surface area contributed by atoms with E-state index in [1.807, 2.05) is 0 Å². The zero-order chi connectivity index (χ0) is 12.3. The summed E-state index contributed by atoms with van der Waals surface area (Å²) in [6.07, 6.45) is 3.67. The van der Waals surface area contributed by atoms with Crippen molar-refractivity contribution < 1.29 is 8.78 Å². The third-order valence-electron chi connectivity index (χ3n) is 3.28. The molecular weight excluding hydrogens is 222 g/mol. The highest BCUT2D eigenvalue weighted by Gasteiger charge is 2.16. The van der Waals surface area contributed by atoms with Crippen molar-refractivity contribution in [1.82, 2.24) is 4.90 Å². The van der Waals surface area contributed by atoms with E-state index < -0.39 is 11.6 Å². The van der Waals surface area contributed by atoms with Crippen LogP contribution >= 0.6 is 0 Å². The Morgan fingerprint density at radius 2 is 1.82 bits per heavy atom. The summed E-state index contributed by atoms with van der Waals surface area (Å²) in [7, 11) is 0. The average Bonchev–Trinajstić information content (AvgIpc) is 2.34. The quantitative estimate of drug-likeness (QED) is 0.879. The molecule has 1 fully saturated rings. The first-order valence-electron chi connectivity index (χ1n) is 6.09. The average molecular weight is 240 g/mol. The maximum Gasteiger partial charge on any atom is 0.159 e. The van der Waals surface area contributed by atoms with Crippen LogP contribution in [0.3, 0.4) is 0 Å². The van der Waals surface area contributed by atoms with Gasteiger partial charge in [0.25, 0.3) is 0 Å². The Kier molecular flexibility index (Phi) is 4.07. The van der Waals surface area contributed by atoms with Crippen molar-refractivity contribution >= 4 is 0 Å². The number of hydrogen-bond acceptors (Lipinski definition) is 2. The van der Waals surface area contributed by atoms with Gasteiger partial charge in [0.15, 0.2) is 11.6 Å². The molecule has 17 heavy (non-hydrogen) atoms. The molecule has 0 amide bonds. The van der Waals surface area contributed by atoms with Gasteiger partial charge in [0.05, 0.1) is 0 Å². The maximum atomic E-state index is 13.1. The number of nitrogens with two attached hydrogens (primary N) is 1. The Morgan fingerprint density at radius 3 is 2.47 bits per heavy atom. The number of rotatable bonds is 3. The Morgan fingerprint density at radius 1 is 1.12 bits per heavy atom. The van der Waals surface area contributed by atoms with Crippen LogP contribution in [-0.2, 0) is 0 Å². The predicted octanol–water partition coefficient (Wildman–Crippen LogP) is 2.45. The van der Waals surface area contributed by atoms with Gasteiger partial charge >= 0.3 is 0 Å². The van der Waals surface area contributed by atoms with Crippen LogP contribution in [0.4, 0.5) is 8.78 Å². The van der Waals surface area contributed by atoms with Gasteiger partial charge in [0, 0.05) is 12.6 Å². The van der Waals surface area contributed by atoms with Crippen LogP contribution in [0.25, 0.3) is 0 Å². The van der Waals surface area contributed by atoms with Gasteiger partial charge in [-0.1, -0.05) is 12.5 Å². The molecule has 1 atom stereocenters. The molecule has 1 heterocycles. The summed E-state index contributed by atoms with van der Waals surface area (Å²) in [5.74, 6) is -1.64. The van der Waals surface area contributed by atoms with Crippen LogP contribution in [0.15, 0.2) is 18.2 Å². The fourth-order valence-electron chi connectivity index (χ4n) is 2.27. The van der Waals surface area contributed by atoms with Crippen molar-refractivity contribution in [3.8, 4) is 0 Å². The smallest absolute Gasteiger partial charge is 0.159 e. The Labute approximate surface area is 100 Å². The second kappa shape index (κ2) is 5.56. The molecule has 0 radical (unpaired) electrons. The van der Waals surface area contributed by atoms with Crippen molar-refractivity contribution in [1.29, 1.82) is 0 Å². The molecule has 0 aromatic heterocycles. The van der Waals surface area contributed by atoms with E-state index in [9.17, 15) is 8.78 Å². The maximum absolute atomic E-state index is 13.1. The first-order valence-corrected chi connectivity index (χ1v) is 6.09. The fraction of sp³-hybridized carbons (Fsp3) is 0.538. The summed E-state index contributed by atoms with van der Waals surface area (Å²) < 4.78 is 25.9. The third kappa shape index (κ3) is 3.23. The molecule has 0 aliphatic carbocycles. The monoisotopic (exact) mass is 240 g/mol. The molecule has 1 aromatic rings. The van der Waals surface area contributed by atoms with E-state index in [1.165, 1.54) is 25.3 Å². The zero-order valence-corrected chi connectivity index (χ0v) is 9.83. The Bertz CT molecular complexity index is 376. The molecule has 1 aliphatic rings. The molecular formula is C13H18F2N2. The molecule has 4 heteroatoms. The normalized spacial score (nSPS) is 19.2. The van der Waals surface area contributed by atoms with Gasteiger partial charge in [-0.2, -0.15) is 0 Å². The van der Waals surface area contributed by atoms with E-state index >= 15 is 0 Å². The minimum atomic E-state index is -0.823. The van der Waals surface area contributed by atoms with Crippen LogP contribution in [0.5, 0.6) is 0 Å². The van der Waals surface area contributed by atoms with E-state index in [0.717, 1.165) is 19.2 Å². The molecule has 0 saturated carbocycles. The van der Waals surface area contributed by atoms with Crippen molar-refractivity contribution in [2.45, 2.75) is 25.3 Å². The Balaban J connectivity index is 1.98. The summed E-state index contributed by atoms with van der Waals surface area (Å²) in [5.41, 5.74) is 6.68. The van der Waals surface area contributed by atoms with Gasteiger partial charge in [0.2, 0.25) is 0 Å². The molecule has 1 aromatic carbocycles. The van der Waals surface area contributed by atoms with E-state index in [0.29, 0.717) is 12.1 Å². The molecule has 2 N–H and O–H groups in total. The van der Waals surface area contributed by atoms with E-state index in [2.05, 4.69) is 4.90 Å². The summed E-state index contributed by atoms with van der Waals surface area (Å²) >= 11 is 0. The first-order chi connectivity index (χ1) is 8.16. The fourth-order valence-corrected chi connectivity index (χ4v) is 2.27. The second-order valence-electron chi connectivity index (χ2n) is 4.64. The van der Waals surface area contributed by atoms with Crippen LogP contribution in [0.1, 0.15) is 30.9 Å². The van der Waals surface area contributed by atoms with E-state index in [4.69, 9.17) is 5.73 Å². The molecule has 0 bridgehead atoms. The third-order valence-corrected chi connectivity index (χ3v) is 3.28. The molecule has 1 unspecified atom stereocenters. The lowest BCUT2D eigenvalue weighted by Crippen LogP contribution is -2.36. The Hall–Kier alpha value is -1.00. The minimum absolute atomic E-state index is 0.247. The molecule has 2 nitrogen and oxygen atoms in total. The SMILES string of the molecule is NC(CN1CCCCC1)c1ccc(F)c(F)c1.